The molecule has 0 spiro atoms. The van der Waals surface area contributed by atoms with Crippen molar-refractivity contribution in [1.29, 1.82) is 0 Å². The second-order valence-electron chi connectivity index (χ2n) is 5.55. The Balaban J connectivity index is 1.65. The van der Waals surface area contributed by atoms with Crippen molar-refractivity contribution in [3.8, 4) is 5.75 Å². The van der Waals surface area contributed by atoms with Crippen LogP contribution in [-0.4, -0.2) is 25.2 Å². The van der Waals surface area contributed by atoms with Gasteiger partial charge in [-0.2, -0.15) is 13.2 Å². The Hall–Kier alpha value is -2.18. The van der Waals surface area contributed by atoms with Gasteiger partial charge in [0.05, 0.1) is 0 Å². The predicted molar refractivity (Wildman–Crippen MR) is 77.4 cm³/mol. The number of hydrogen-bond acceptors (Lipinski definition) is 3. The van der Waals surface area contributed by atoms with Crippen molar-refractivity contribution in [3.05, 3.63) is 29.5 Å². The third-order valence-corrected chi connectivity index (χ3v) is 3.78. The number of rotatable bonds is 4. The van der Waals surface area contributed by atoms with Gasteiger partial charge in [0.15, 0.2) is 6.61 Å². The summed E-state index contributed by atoms with van der Waals surface area (Å²) in [5.41, 5.74) is 1.93. The number of nitrogens with one attached hydrogen (secondary N) is 1. The second-order valence-corrected chi connectivity index (χ2v) is 5.55. The molecule has 2 aromatic rings. The van der Waals surface area contributed by atoms with Gasteiger partial charge in [0.1, 0.15) is 23.6 Å². The minimum Gasteiger partial charge on any atom is -0.484 e. The minimum absolute atomic E-state index is 0.439. The fraction of sp³-hybridized carbons (Fsp3) is 0.438. The number of fused-ring (bicyclic) bond motifs is 3. The van der Waals surface area contributed by atoms with E-state index in [0.717, 1.165) is 42.4 Å². The van der Waals surface area contributed by atoms with E-state index in [2.05, 4.69) is 0 Å². The van der Waals surface area contributed by atoms with Gasteiger partial charge in [0.2, 0.25) is 0 Å². The van der Waals surface area contributed by atoms with Gasteiger partial charge in [0, 0.05) is 17.4 Å². The molecule has 0 unspecified atom stereocenters. The third-order valence-electron chi connectivity index (χ3n) is 3.78. The van der Waals surface area contributed by atoms with E-state index >= 15 is 0 Å². The third kappa shape index (κ3) is 3.78. The van der Waals surface area contributed by atoms with Crippen LogP contribution in [0, 0.1) is 0 Å². The molecule has 124 valence electrons. The second kappa shape index (κ2) is 6.14. The molecule has 0 saturated carbocycles. The molecule has 3 rings (SSSR count). The fourth-order valence-corrected chi connectivity index (χ4v) is 2.73. The van der Waals surface area contributed by atoms with E-state index < -0.39 is 25.2 Å². The van der Waals surface area contributed by atoms with Crippen LogP contribution >= 0.6 is 0 Å². The molecule has 0 atom stereocenters. The van der Waals surface area contributed by atoms with Crippen LogP contribution < -0.4 is 10.1 Å². The van der Waals surface area contributed by atoms with Crippen LogP contribution in [0.3, 0.4) is 0 Å². The zero-order valence-electron chi connectivity index (χ0n) is 12.3. The Morgan fingerprint density at radius 3 is 2.83 bits per heavy atom. The van der Waals surface area contributed by atoms with Crippen LogP contribution in [0.2, 0.25) is 0 Å². The maximum Gasteiger partial charge on any atom is 0.405 e. The maximum absolute atomic E-state index is 12.0. The van der Waals surface area contributed by atoms with Crippen LogP contribution in [0.1, 0.15) is 24.2 Å². The Morgan fingerprint density at radius 1 is 1.26 bits per heavy atom. The summed E-state index contributed by atoms with van der Waals surface area (Å²) >= 11 is 0. The summed E-state index contributed by atoms with van der Waals surface area (Å²) in [6, 6.07) is 5.19. The van der Waals surface area contributed by atoms with E-state index in [4.69, 9.17) is 9.15 Å². The molecule has 0 aliphatic heterocycles. The lowest BCUT2D eigenvalue weighted by molar-refractivity contribution is -0.139. The number of amides is 1. The highest BCUT2D eigenvalue weighted by Crippen LogP contribution is 2.33. The number of ether oxygens (including phenoxy) is 1. The first-order chi connectivity index (χ1) is 10.9. The standard InChI is InChI=1S/C16H16F3NO3/c17-16(18,19)9-20-15(21)8-22-10-5-6-14-12(7-10)11-3-1-2-4-13(11)23-14/h5-7H,1-4,8-9H2,(H,20,21). The van der Waals surface area contributed by atoms with Crippen LogP contribution in [-0.2, 0) is 17.6 Å². The fourth-order valence-electron chi connectivity index (χ4n) is 2.73. The molecule has 1 heterocycles. The maximum atomic E-state index is 12.0. The average Bonchev–Trinajstić information content (AvgIpc) is 2.88. The molecule has 1 aromatic heterocycles. The van der Waals surface area contributed by atoms with Gasteiger partial charge in [-0.05, 0) is 37.5 Å². The molecule has 0 fully saturated rings. The zero-order valence-corrected chi connectivity index (χ0v) is 12.3. The molecule has 1 aliphatic rings. The summed E-state index contributed by atoms with van der Waals surface area (Å²) in [6.07, 6.45) is -0.357. The van der Waals surface area contributed by atoms with E-state index in [0.29, 0.717) is 5.75 Å². The summed E-state index contributed by atoms with van der Waals surface area (Å²) in [6.45, 7) is -1.81. The predicted octanol–water partition coefficient (Wildman–Crippen LogP) is 3.37. The first-order valence-corrected chi connectivity index (χ1v) is 7.43. The van der Waals surface area contributed by atoms with Gasteiger partial charge >= 0.3 is 6.18 Å². The Bertz CT molecular complexity index is 721. The summed E-state index contributed by atoms with van der Waals surface area (Å²) in [5.74, 6) is 0.622. The van der Waals surface area contributed by atoms with Gasteiger partial charge in [-0.3, -0.25) is 4.79 Å². The first-order valence-electron chi connectivity index (χ1n) is 7.43. The number of halogens is 3. The van der Waals surface area contributed by atoms with Crippen molar-refractivity contribution in [2.24, 2.45) is 0 Å². The molecule has 7 heteroatoms. The molecule has 1 amide bonds. The molecule has 1 aliphatic carbocycles. The molecule has 4 nitrogen and oxygen atoms in total. The van der Waals surface area contributed by atoms with Crippen molar-refractivity contribution in [2.45, 2.75) is 31.9 Å². The summed E-state index contributed by atoms with van der Waals surface area (Å²) in [7, 11) is 0. The van der Waals surface area contributed by atoms with Crippen LogP contribution in [0.4, 0.5) is 13.2 Å². The van der Waals surface area contributed by atoms with Crippen molar-refractivity contribution in [2.75, 3.05) is 13.2 Å². The number of carbonyl (C=O) groups is 1. The van der Waals surface area contributed by atoms with E-state index in [9.17, 15) is 18.0 Å². The van der Waals surface area contributed by atoms with E-state index in [1.807, 2.05) is 0 Å². The number of benzene rings is 1. The number of furan rings is 1. The molecule has 23 heavy (non-hydrogen) atoms. The summed E-state index contributed by atoms with van der Waals surface area (Å²) in [5, 5.41) is 2.72. The topological polar surface area (TPSA) is 51.5 Å². The molecule has 0 bridgehead atoms. The molecular formula is C16H16F3NO3. The molecule has 0 saturated heterocycles. The number of alkyl halides is 3. The highest BCUT2D eigenvalue weighted by atomic mass is 19.4. The Morgan fingerprint density at radius 2 is 2.04 bits per heavy atom. The Kier molecular flexibility index (Phi) is 4.19. The Labute approximate surface area is 130 Å². The quantitative estimate of drug-likeness (QED) is 0.937. The van der Waals surface area contributed by atoms with Crippen LogP contribution in [0.15, 0.2) is 22.6 Å². The number of carbonyl (C=O) groups excluding carboxylic acids is 1. The minimum atomic E-state index is -4.43. The number of aryl methyl sites for hydroxylation is 2. The summed E-state index contributed by atoms with van der Waals surface area (Å²) < 4.78 is 47.1. The normalized spacial score (nSPS) is 14.6. The van der Waals surface area contributed by atoms with Crippen LogP contribution in [0.25, 0.3) is 11.0 Å². The van der Waals surface area contributed by atoms with Crippen LogP contribution in [0.5, 0.6) is 5.75 Å². The van der Waals surface area contributed by atoms with E-state index in [1.54, 1.807) is 23.5 Å². The van der Waals surface area contributed by atoms with Gasteiger partial charge in [0.25, 0.3) is 5.91 Å². The monoisotopic (exact) mass is 327 g/mol. The van der Waals surface area contributed by atoms with Gasteiger partial charge < -0.3 is 14.5 Å². The van der Waals surface area contributed by atoms with Crippen molar-refractivity contribution in [1.82, 2.24) is 5.32 Å². The largest absolute Gasteiger partial charge is 0.484 e. The molecule has 1 aromatic carbocycles. The molecule has 0 radical (unpaired) electrons. The lowest BCUT2D eigenvalue weighted by Crippen LogP contribution is -2.36. The van der Waals surface area contributed by atoms with Gasteiger partial charge in [-0.15, -0.1) is 0 Å². The van der Waals surface area contributed by atoms with E-state index in [1.165, 1.54) is 5.56 Å². The smallest absolute Gasteiger partial charge is 0.405 e. The van der Waals surface area contributed by atoms with Gasteiger partial charge in [-0.25, -0.2) is 0 Å². The van der Waals surface area contributed by atoms with Crippen molar-refractivity contribution >= 4 is 16.9 Å². The SMILES string of the molecule is O=C(COc1ccc2oc3c(c2c1)CCCC3)NCC(F)(F)F. The number of hydrogen-bond donors (Lipinski definition) is 1. The lowest BCUT2D eigenvalue weighted by Gasteiger charge is -2.10. The average molecular weight is 327 g/mol. The van der Waals surface area contributed by atoms with Gasteiger partial charge in [-0.1, -0.05) is 0 Å². The summed E-state index contributed by atoms with van der Waals surface area (Å²) in [4.78, 5) is 11.4. The van der Waals surface area contributed by atoms with Crippen molar-refractivity contribution in [3.63, 3.8) is 0 Å². The highest BCUT2D eigenvalue weighted by Gasteiger charge is 2.27. The molecule has 1 N–H and O–H groups in total. The van der Waals surface area contributed by atoms with Crippen molar-refractivity contribution < 1.29 is 27.1 Å². The molecular weight excluding hydrogens is 311 g/mol. The highest BCUT2D eigenvalue weighted by molar-refractivity contribution is 5.84. The lowest BCUT2D eigenvalue weighted by atomic mass is 9.96. The van der Waals surface area contributed by atoms with E-state index in [-0.39, 0.29) is 0 Å². The first kappa shape index (κ1) is 15.7. The zero-order chi connectivity index (χ0) is 16.4.